The van der Waals surface area contributed by atoms with E-state index in [-0.39, 0.29) is 11.7 Å². The lowest BCUT2D eigenvalue weighted by Gasteiger charge is -2.13. The Hall–Kier alpha value is -1.84. The lowest BCUT2D eigenvalue weighted by molar-refractivity contribution is -0.117. The monoisotopic (exact) mass is 365 g/mol. The summed E-state index contributed by atoms with van der Waals surface area (Å²) in [5.74, 6) is -0.183. The maximum Gasteiger partial charge on any atom is 0.295 e. The van der Waals surface area contributed by atoms with Crippen molar-refractivity contribution in [1.29, 1.82) is 0 Å². The topological polar surface area (TPSA) is 73.3 Å². The van der Waals surface area contributed by atoms with Gasteiger partial charge in [-0.25, -0.2) is 9.97 Å². The maximum absolute atomic E-state index is 12.1. The summed E-state index contributed by atoms with van der Waals surface area (Å²) in [6.07, 6.45) is 3.34. The number of ether oxygens (including phenoxy) is 2. The summed E-state index contributed by atoms with van der Waals surface area (Å²) in [6.45, 7) is 0.830. The van der Waals surface area contributed by atoms with Gasteiger partial charge in [0.25, 0.3) is 5.91 Å². The second-order valence-corrected chi connectivity index (χ2v) is 7.67. The minimum Gasteiger partial charge on any atom is -0.494 e. The molecule has 1 aliphatic rings. The Balaban J connectivity index is 1.68. The number of thiazole rings is 2. The first-order valence-corrected chi connectivity index (χ1v) is 9.60. The molecule has 0 radical (unpaired) electrons. The van der Waals surface area contributed by atoms with Crippen LogP contribution in [0, 0.1) is 0 Å². The number of benzene rings is 1. The van der Waals surface area contributed by atoms with Gasteiger partial charge in [0, 0.05) is 0 Å². The van der Waals surface area contributed by atoms with Crippen LogP contribution in [0.15, 0.2) is 28.5 Å². The van der Waals surface area contributed by atoms with Crippen molar-refractivity contribution in [2.24, 2.45) is 0 Å². The Morgan fingerprint density at radius 2 is 2.00 bits per heavy atom. The first-order chi connectivity index (χ1) is 11.2. The fourth-order valence-electron chi connectivity index (χ4n) is 2.14. The van der Waals surface area contributed by atoms with Crippen molar-refractivity contribution in [2.45, 2.75) is 4.34 Å². The quantitative estimate of drug-likeness (QED) is 0.717. The number of carbonyl (C=O) groups excluding carboxylic acids is 1. The van der Waals surface area contributed by atoms with E-state index >= 15 is 0 Å². The van der Waals surface area contributed by atoms with Crippen molar-refractivity contribution in [1.82, 2.24) is 9.97 Å². The minimum atomic E-state index is -0.353. The molecule has 0 aliphatic carbocycles. The molecular weight excluding hydrogens is 354 g/mol. The smallest absolute Gasteiger partial charge is 0.295 e. The Labute approximate surface area is 143 Å². The molecule has 1 N–H and O–H groups in total. The van der Waals surface area contributed by atoms with Gasteiger partial charge in [0.15, 0.2) is 9.47 Å². The Kier molecular flexibility index (Phi) is 3.83. The van der Waals surface area contributed by atoms with Crippen molar-refractivity contribution in [3.8, 4) is 0 Å². The fraction of sp³-hybridized carbons (Fsp3) is 0.214. The van der Waals surface area contributed by atoms with Crippen LogP contribution >= 0.6 is 34.4 Å². The lowest BCUT2D eigenvalue weighted by atomic mass is 10.3. The van der Waals surface area contributed by atoms with Crippen LogP contribution in [0.25, 0.3) is 20.4 Å². The van der Waals surface area contributed by atoms with Crippen LogP contribution in [0.4, 0.5) is 5.13 Å². The zero-order chi connectivity index (χ0) is 15.8. The third kappa shape index (κ3) is 2.75. The number of aromatic nitrogens is 2. The van der Waals surface area contributed by atoms with Gasteiger partial charge in [-0.2, -0.15) is 0 Å². The van der Waals surface area contributed by atoms with E-state index in [2.05, 4.69) is 15.3 Å². The van der Waals surface area contributed by atoms with E-state index in [0.29, 0.717) is 18.3 Å². The molecule has 23 heavy (non-hydrogen) atoms. The number of fused-ring (bicyclic) bond motifs is 3. The Morgan fingerprint density at radius 1 is 1.22 bits per heavy atom. The molecule has 0 saturated heterocycles. The molecule has 3 aromatic rings. The number of thioether (sulfide) groups is 1. The van der Waals surface area contributed by atoms with E-state index in [9.17, 15) is 4.79 Å². The summed E-state index contributed by atoms with van der Waals surface area (Å²) in [5, 5.41) is 3.29. The average molecular weight is 365 g/mol. The van der Waals surface area contributed by atoms with E-state index in [0.717, 1.165) is 24.8 Å². The predicted molar refractivity (Wildman–Crippen MR) is 93.2 cm³/mol. The van der Waals surface area contributed by atoms with Crippen LogP contribution in [0.1, 0.15) is 0 Å². The van der Waals surface area contributed by atoms with Crippen LogP contribution < -0.4 is 5.32 Å². The second kappa shape index (κ2) is 5.99. The molecule has 9 heteroatoms. The number of amides is 1. The van der Waals surface area contributed by atoms with Crippen LogP contribution in [-0.4, -0.2) is 35.3 Å². The van der Waals surface area contributed by atoms with Gasteiger partial charge in [-0.1, -0.05) is 23.1 Å². The highest BCUT2D eigenvalue weighted by atomic mass is 32.2. The summed E-state index contributed by atoms with van der Waals surface area (Å²) < 4.78 is 13.5. The van der Waals surface area contributed by atoms with Crippen molar-refractivity contribution in [3.05, 3.63) is 24.2 Å². The van der Waals surface area contributed by atoms with Crippen molar-refractivity contribution in [2.75, 3.05) is 24.8 Å². The summed E-state index contributed by atoms with van der Waals surface area (Å²) in [7, 11) is 0. The fourth-order valence-corrected chi connectivity index (χ4v) is 4.79. The van der Waals surface area contributed by atoms with E-state index < -0.39 is 0 Å². The molecule has 1 aliphatic heterocycles. The third-order valence-electron chi connectivity index (χ3n) is 3.16. The summed E-state index contributed by atoms with van der Waals surface area (Å²) >= 11 is 4.70. The molecule has 6 nitrogen and oxygen atoms in total. The van der Waals surface area contributed by atoms with Crippen LogP contribution in [-0.2, 0) is 14.3 Å². The largest absolute Gasteiger partial charge is 0.494 e. The van der Waals surface area contributed by atoms with Crippen LogP contribution in [0.5, 0.6) is 0 Å². The summed E-state index contributed by atoms with van der Waals surface area (Å²) in [5.41, 5.74) is 1.81. The van der Waals surface area contributed by atoms with Gasteiger partial charge in [0.2, 0.25) is 5.76 Å². The van der Waals surface area contributed by atoms with Gasteiger partial charge >= 0.3 is 0 Å². The highest BCUT2D eigenvalue weighted by Gasteiger charge is 2.18. The van der Waals surface area contributed by atoms with Gasteiger partial charge in [-0.05, 0) is 18.4 Å². The SMILES string of the molecule is CSc1nc2ccc3nc(NC(=O)C4=COCCO4)sc3c2s1. The number of nitrogens with one attached hydrogen (secondary N) is 1. The highest BCUT2D eigenvalue weighted by molar-refractivity contribution is 8.00. The average Bonchev–Trinajstić information content (AvgIpc) is 3.18. The van der Waals surface area contributed by atoms with E-state index in [1.54, 1.807) is 23.1 Å². The number of rotatable bonds is 3. The maximum atomic E-state index is 12.1. The molecule has 0 unspecified atom stereocenters. The molecular formula is C14H11N3O3S3. The van der Waals surface area contributed by atoms with Gasteiger partial charge in [-0.3, -0.25) is 10.1 Å². The molecule has 3 heterocycles. The normalized spacial score (nSPS) is 14.4. The molecule has 0 fully saturated rings. The van der Waals surface area contributed by atoms with Crippen LogP contribution in [0.2, 0.25) is 0 Å². The molecule has 1 aromatic carbocycles. The zero-order valence-corrected chi connectivity index (χ0v) is 14.4. The molecule has 2 aromatic heterocycles. The number of hydrogen-bond acceptors (Lipinski definition) is 8. The Morgan fingerprint density at radius 3 is 2.74 bits per heavy atom. The van der Waals surface area contributed by atoms with E-state index in [4.69, 9.17) is 9.47 Å². The van der Waals surface area contributed by atoms with Crippen molar-refractivity contribution in [3.63, 3.8) is 0 Å². The second-order valence-electron chi connectivity index (χ2n) is 4.62. The first-order valence-electron chi connectivity index (χ1n) is 6.74. The number of nitrogens with zero attached hydrogens (tertiary/aromatic N) is 2. The van der Waals surface area contributed by atoms with Gasteiger partial charge in [0.05, 0.1) is 20.4 Å². The standard InChI is InChI=1S/C14H11N3O3S3/c1-21-14-16-8-3-2-7-10(11(8)23-14)22-13(15-7)17-12(18)9-6-19-4-5-20-9/h2-3,6H,4-5H2,1H3,(H,15,17,18). The summed E-state index contributed by atoms with van der Waals surface area (Å²) in [4.78, 5) is 21.1. The number of carbonyl (C=O) groups is 1. The Bertz CT molecular complexity index is 931. The van der Waals surface area contributed by atoms with E-state index in [1.807, 2.05) is 18.4 Å². The van der Waals surface area contributed by atoms with Crippen molar-refractivity contribution < 1.29 is 14.3 Å². The van der Waals surface area contributed by atoms with Gasteiger partial charge in [-0.15, -0.1) is 11.3 Å². The molecule has 0 atom stereocenters. The zero-order valence-electron chi connectivity index (χ0n) is 12.0. The molecule has 4 rings (SSSR count). The van der Waals surface area contributed by atoms with Gasteiger partial charge in [0.1, 0.15) is 19.5 Å². The molecule has 0 spiro atoms. The molecule has 0 saturated carbocycles. The first kappa shape index (κ1) is 14.7. The third-order valence-corrected chi connectivity index (χ3v) is 6.37. The highest BCUT2D eigenvalue weighted by Crippen LogP contribution is 2.38. The minimum absolute atomic E-state index is 0.170. The molecule has 1 amide bonds. The van der Waals surface area contributed by atoms with E-state index in [1.165, 1.54) is 17.6 Å². The predicted octanol–water partition coefficient (Wildman–Crippen LogP) is 3.45. The summed E-state index contributed by atoms with van der Waals surface area (Å²) in [6, 6.07) is 3.88. The van der Waals surface area contributed by atoms with Gasteiger partial charge < -0.3 is 9.47 Å². The molecule has 0 bridgehead atoms. The number of hydrogen-bond donors (Lipinski definition) is 1. The van der Waals surface area contributed by atoms with Crippen LogP contribution in [0.3, 0.4) is 0 Å². The lowest BCUT2D eigenvalue weighted by Crippen LogP contribution is -2.20. The molecule has 118 valence electrons. The number of anilines is 1. The van der Waals surface area contributed by atoms with Crippen molar-refractivity contribution >= 4 is 65.9 Å².